The lowest BCUT2D eigenvalue weighted by Gasteiger charge is -2.26. The number of carbonyl (C=O) groups is 1. The van der Waals surface area contributed by atoms with E-state index in [1.165, 1.54) is 35.2 Å². The van der Waals surface area contributed by atoms with Crippen LogP contribution in [0.25, 0.3) is 11.3 Å². The molecule has 0 atom stereocenters. The van der Waals surface area contributed by atoms with Crippen LogP contribution in [-0.2, 0) is 13.0 Å². The molecule has 1 aliphatic heterocycles. The van der Waals surface area contributed by atoms with Crippen molar-refractivity contribution < 1.29 is 18.6 Å². The van der Waals surface area contributed by atoms with Gasteiger partial charge in [0.2, 0.25) is 0 Å². The van der Waals surface area contributed by atoms with Crippen LogP contribution in [0.1, 0.15) is 21.6 Å². The Labute approximate surface area is 153 Å². The van der Waals surface area contributed by atoms with Crippen LogP contribution in [0.3, 0.4) is 0 Å². The Balaban J connectivity index is 1.66. The summed E-state index contributed by atoms with van der Waals surface area (Å²) in [6.45, 7) is 0.601. The van der Waals surface area contributed by atoms with Crippen molar-refractivity contribution in [1.29, 1.82) is 0 Å². The summed E-state index contributed by atoms with van der Waals surface area (Å²) in [5.74, 6) is -0.301. The van der Waals surface area contributed by atoms with E-state index >= 15 is 0 Å². The summed E-state index contributed by atoms with van der Waals surface area (Å²) in [5, 5.41) is 15.3. The maximum atomic E-state index is 13.2. The third kappa shape index (κ3) is 3.05. The quantitative estimate of drug-likeness (QED) is 0.521. The molecule has 0 unspecified atom stereocenters. The van der Waals surface area contributed by atoms with E-state index in [1.54, 1.807) is 18.2 Å². The highest BCUT2D eigenvalue weighted by Crippen LogP contribution is 2.31. The van der Waals surface area contributed by atoms with Gasteiger partial charge in [-0.3, -0.25) is 14.9 Å². The van der Waals surface area contributed by atoms with Crippen LogP contribution in [0.5, 0.6) is 0 Å². The molecule has 4 rings (SSSR count). The second kappa shape index (κ2) is 6.64. The summed E-state index contributed by atoms with van der Waals surface area (Å²) in [6.07, 6.45) is 0.479. The van der Waals surface area contributed by atoms with Crippen molar-refractivity contribution in [2.75, 3.05) is 6.54 Å². The summed E-state index contributed by atoms with van der Waals surface area (Å²) < 4.78 is 18.6. The second-order valence-electron chi connectivity index (χ2n) is 6.19. The van der Waals surface area contributed by atoms with Crippen molar-refractivity contribution in [2.45, 2.75) is 13.0 Å². The molecule has 0 spiro atoms. The number of hydrogen-bond donors (Lipinski definition) is 0. The minimum Gasteiger partial charge on any atom is -0.356 e. The highest BCUT2D eigenvalue weighted by Gasteiger charge is 2.30. The third-order valence-electron chi connectivity index (χ3n) is 4.56. The number of halogens is 1. The first-order chi connectivity index (χ1) is 13.0. The van der Waals surface area contributed by atoms with E-state index in [9.17, 15) is 19.3 Å². The Kier molecular flexibility index (Phi) is 4.15. The fraction of sp³-hybridized carbons (Fsp3) is 0.158. The zero-order valence-corrected chi connectivity index (χ0v) is 14.1. The lowest BCUT2D eigenvalue weighted by molar-refractivity contribution is -0.385. The molecule has 2 heterocycles. The zero-order valence-electron chi connectivity index (χ0n) is 14.1. The third-order valence-corrected chi connectivity index (χ3v) is 4.56. The number of nitro benzene ring substituents is 1. The SMILES string of the molecule is O=C(c1ccccc1[N+](=O)[O-])N1CCc2noc(-c3ccc(F)cc3)c2C1. The van der Waals surface area contributed by atoms with E-state index in [1.807, 2.05) is 0 Å². The molecule has 7 nitrogen and oxygen atoms in total. The number of amides is 1. The number of aromatic nitrogens is 1. The van der Waals surface area contributed by atoms with Crippen molar-refractivity contribution >= 4 is 11.6 Å². The highest BCUT2D eigenvalue weighted by atomic mass is 19.1. The summed E-state index contributed by atoms with van der Waals surface area (Å²) >= 11 is 0. The van der Waals surface area contributed by atoms with E-state index < -0.39 is 10.8 Å². The molecule has 0 radical (unpaired) electrons. The van der Waals surface area contributed by atoms with Gasteiger partial charge < -0.3 is 9.42 Å². The number of carbonyl (C=O) groups excluding carboxylic acids is 1. The Morgan fingerprint density at radius 3 is 2.67 bits per heavy atom. The summed E-state index contributed by atoms with van der Waals surface area (Å²) in [6, 6.07) is 11.7. The fourth-order valence-electron chi connectivity index (χ4n) is 3.20. The molecule has 3 aromatic rings. The van der Waals surface area contributed by atoms with Gasteiger partial charge in [-0.2, -0.15) is 0 Å². The molecule has 0 saturated carbocycles. The topological polar surface area (TPSA) is 89.5 Å². The van der Waals surface area contributed by atoms with Gasteiger partial charge in [-0.1, -0.05) is 17.3 Å². The molecule has 0 fully saturated rings. The molecule has 0 bridgehead atoms. The average Bonchev–Trinajstić information content (AvgIpc) is 3.11. The smallest absolute Gasteiger partial charge is 0.282 e. The first-order valence-electron chi connectivity index (χ1n) is 8.30. The molecule has 8 heteroatoms. The molecular weight excluding hydrogens is 353 g/mol. The van der Waals surface area contributed by atoms with Crippen molar-refractivity contribution in [3.63, 3.8) is 0 Å². The molecule has 136 valence electrons. The van der Waals surface area contributed by atoms with Crippen LogP contribution in [-0.4, -0.2) is 27.4 Å². The molecule has 0 aliphatic carbocycles. The number of para-hydroxylation sites is 1. The zero-order chi connectivity index (χ0) is 19.0. The predicted octanol–water partition coefficient (Wildman–Crippen LogP) is 3.59. The molecule has 0 saturated heterocycles. The Bertz CT molecular complexity index is 1030. The van der Waals surface area contributed by atoms with Crippen molar-refractivity contribution in [1.82, 2.24) is 10.1 Å². The largest absolute Gasteiger partial charge is 0.356 e. The van der Waals surface area contributed by atoms with Crippen LogP contribution in [0.2, 0.25) is 0 Å². The summed E-state index contributed by atoms with van der Waals surface area (Å²) in [4.78, 5) is 25.1. The van der Waals surface area contributed by atoms with Crippen LogP contribution >= 0.6 is 0 Å². The Morgan fingerprint density at radius 2 is 1.93 bits per heavy atom. The van der Waals surface area contributed by atoms with E-state index in [0.717, 1.165) is 11.3 Å². The number of rotatable bonds is 3. The molecule has 0 N–H and O–H groups in total. The van der Waals surface area contributed by atoms with Crippen LogP contribution in [0.4, 0.5) is 10.1 Å². The normalized spacial score (nSPS) is 13.3. The van der Waals surface area contributed by atoms with E-state index in [0.29, 0.717) is 24.3 Å². The van der Waals surface area contributed by atoms with Gasteiger partial charge in [0.1, 0.15) is 11.4 Å². The maximum absolute atomic E-state index is 13.2. The number of fused-ring (bicyclic) bond motifs is 1. The maximum Gasteiger partial charge on any atom is 0.282 e. The molecular formula is C19H14FN3O4. The fourth-order valence-corrected chi connectivity index (χ4v) is 3.20. The van der Waals surface area contributed by atoms with Crippen LogP contribution in [0, 0.1) is 15.9 Å². The van der Waals surface area contributed by atoms with Gasteiger partial charge in [-0.05, 0) is 30.3 Å². The minimum absolute atomic E-state index is 0.0470. The first-order valence-corrected chi connectivity index (χ1v) is 8.30. The summed E-state index contributed by atoms with van der Waals surface area (Å²) in [7, 11) is 0. The van der Waals surface area contributed by atoms with Gasteiger partial charge in [0, 0.05) is 30.2 Å². The second-order valence-corrected chi connectivity index (χ2v) is 6.19. The standard InChI is InChI=1S/C19H14FN3O4/c20-13-7-5-12(6-8-13)18-15-11-22(10-9-16(15)21-27-18)19(24)14-3-1-2-4-17(14)23(25)26/h1-8H,9-11H2. The predicted molar refractivity (Wildman–Crippen MR) is 93.4 cm³/mol. The first kappa shape index (κ1) is 16.9. The minimum atomic E-state index is -0.564. The average molecular weight is 367 g/mol. The van der Waals surface area contributed by atoms with Crippen molar-refractivity contribution in [3.8, 4) is 11.3 Å². The Morgan fingerprint density at radius 1 is 1.19 bits per heavy atom. The van der Waals surface area contributed by atoms with Crippen molar-refractivity contribution in [3.05, 3.63) is 81.3 Å². The van der Waals surface area contributed by atoms with E-state index in [-0.39, 0.29) is 23.6 Å². The van der Waals surface area contributed by atoms with E-state index in [4.69, 9.17) is 4.52 Å². The van der Waals surface area contributed by atoms with Crippen LogP contribution in [0.15, 0.2) is 53.1 Å². The van der Waals surface area contributed by atoms with Gasteiger partial charge in [0.25, 0.3) is 11.6 Å². The molecule has 2 aromatic carbocycles. The van der Waals surface area contributed by atoms with Gasteiger partial charge >= 0.3 is 0 Å². The molecule has 1 aliphatic rings. The summed E-state index contributed by atoms with van der Waals surface area (Å²) in [5.41, 5.74) is 1.95. The van der Waals surface area contributed by atoms with Gasteiger partial charge in [-0.25, -0.2) is 4.39 Å². The lowest BCUT2D eigenvalue weighted by atomic mass is 10.0. The number of benzene rings is 2. The highest BCUT2D eigenvalue weighted by molar-refractivity contribution is 5.98. The molecule has 1 amide bonds. The van der Waals surface area contributed by atoms with E-state index in [2.05, 4.69) is 5.16 Å². The number of hydrogen-bond acceptors (Lipinski definition) is 5. The molecule has 1 aromatic heterocycles. The monoisotopic (exact) mass is 367 g/mol. The number of nitrogens with zero attached hydrogens (tertiary/aromatic N) is 3. The van der Waals surface area contributed by atoms with Gasteiger partial charge in [-0.15, -0.1) is 0 Å². The Hall–Kier alpha value is -3.55. The van der Waals surface area contributed by atoms with Crippen molar-refractivity contribution in [2.24, 2.45) is 0 Å². The van der Waals surface area contributed by atoms with Gasteiger partial charge in [0.15, 0.2) is 5.76 Å². The molecule has 27 heavy (non-hydrogen) atoms. The lowest BCUT2D eigenvalue weighted by Crippen LogP contribution is -2.36. The van der Waals surface area contributed by atoms with Gasteiger partial charge in [0.05, 0.1) is 17.2 Å². The van der Waals surface area contributed by atoms with Crippen LogP contribution < -0.4 is 0 Å². The number of nitro groups is 1.